The standard InChI is InChI=1S/C23H33N5O2/c1-15(2)20-13-18(19-14-24-28(16(3)4)21(19)25-20)23(30)27-11-7-17(8-12-27)22(29)26-9-5-6-10-26/h13-17H,5-12H2,1-4H3. The molecule has 7 heteroatoms. The maximum absolute atomic E-state index is 13.5. The van der Waals surface area contributed by atoms with Crippen LogP contribution in [0, 0.1) is 5.92 Å². The normalized spacial score (nSPS) is 18.2. The van der Waals surface area contributed by atoms with Crippen molar-refractivity contribution in [1.29, 1.82) is 0 Å². The van der Waals surface area contributed by atoms with Crippen LogP contribution in [0.3, 0.4) is 0 Å². The van der Waals surface area contributed by atoms with Gasteiger partial charge in [-0.1, -0.05) is 13.8 Å². The fraction of sp³-hybridized carbons (Fsp3) is 0.652. The minimum absolute atomic E-state index is 0.0275. The molecule has 0 saturated carbocycles. The van der Waals surface area contributed by atoms with Crippen LogP contribution in [0.1, 0.15) is 81.4 Å². The first kappa shape index (κ1) is 20.8. The van der Waals surface area contributed by atoms with Gasteiger partial charge in [-0.15, -0.1) is 0 Å². The number of hydrogen-bond acceptors (Lipinski definition) is 4. The lowest BCUT2D eigenvalue weighted by Gasteiger charge is -2.33. The topological polar surface area (TPSA) is 71.3 Å². The lowest BCUT2D eigenvalue weighted by molar-refractivity contribution is -0.135. The van der Waals surface area contributed by atoms with Crippen molar-refractivity contribution in [2.45, 2.75) is 65.3 Å². The molecule has 0 atom stereocenters. The van der Waals surface area contributed by atoms with Gasteiger partial charge in [0.15, 0.2) is 5.65 Å². The molecule has 2 amide bonds. The van der Waals surface area contributed by atoms with Gasteiger partial charge in [-0.25, -0.2) is 9.67 Å². The molecule has 2 aliphatic heterocycles. The second kappa shape index (κ2) is 8.36. The number of amides is 2. The third-order valence-electron chi connectivity index (χ3n) is 6.45. The molecule has 0 aliphatic carbocycles. The van der Waals surface area contributed by atoms with E-state index in [-0.39, 0.29) is 29.7 Å². The number of rotatable bonds is 4. The molecule has 2 fully saturated rings. The Bertz CT molecular complexity index is 934. The molecule has 2 aromatic heterocycles. The molecule has 0 unspecified atom stereocenters. The van der Waals surface area contributed by atoms with Gasteiger partial charge in [0.25, 0.3) is 5.91 Å². The van der Waals surface area contributed by atoms with Gasteiger partial charge in [-0.3, -0.25) is 9.59 Å². The van der Waals surface area contributed by atoms with Crippen molar-refractivity contribution < 1.29 is 9.59 Å². The number of likely N-dealkylation sites (tertiary alicyclic amines) is 2. The van der Waals surface area contributed by atoms with E-state index in [4.69, 9.17) is 4.98 Å². The third-order valence-corrected chi connectivity index (χ3v) is 6.45. The lowest BCUT2D eigenvalue weighted by atomic mass is 9.94. The van der Waals surface area contributed by atoms with Crippen LogP contribution >= 0.6 is 0 Å². The molecule has 0 N–H and O–H groups in total. The Labute approximate surface area is 178 Å². The van der Waals surface area contributed by atoms with Gasteiger partial charge in [-0.05, 0) is 51.5 Å². The molecule has 2 aromatic rings. The van der Waals surface area contributed by atoms with E-state index < -0.39 is 0 Å². The quantitative estimate of drug-likeness (QED) is 0.771. The number of nitrogens with zero attached hydrogens (tertiary/aromatic N) is 5. The highest BCUT2D eigenvalue weighted by molar-refractivity contribution is 6.05. The van der Waals surface area contributed by atoms with Gasteiger partial charge in [-0.2, -0.15) is 5.10 Å². The second-order valence-electron chi connectivity index (χ2n) is 9.27. The summed E-state index contributed by atoms with van der Waals surface area (Å²) in [4.78, 5) is 34.9. The summed E-state index contributed by atoms with van der Waals surface area (Å²) >= 11 is 0. The van der Waals surface area contributed by atoms with E-state index in [2.05, 4.69) is 32.8 Å². The van der Waals surface area contributed by atoms with Crippen molar-refractivity contribution in [3.05, 3.63) is 23.5 Å². The van der Waals surface area contributed by atoms with Crippen LogP contribution in [0.5, 0.6) is 0 Å². The SMILES string of the molecule is CC(C)c1cc(C(=O)N2CCC(C(=O)N3CCCC3)CC2)c2cnn(C(C)C)c2n1. The van der Waals surface area contributed by atoms with Crippen molar-refractivity contribution >= 4 is 22.8 Å². The summed E-state index contributed by atoms with van der Waals surface area (Å²) in [7, 11) is 0. The first-order valence-electron chi connectivity index (χ1n) is 11.3. The maximum Gasteiger partial charge on any atom is 0.254 e. The van der Waals surface area contributed by atoms with Crippen LogP contribution in [-0.2, 0) is 4.79 Å². The molecule has 4 heterocycles. The number of pyridine rings is 1. The zero-order valence-corrected chi connectivity index (χ0v) is 18.6. The van der Waals surface area contributed by atoms with Gasteiger partial charge < -0.3 is 9.80 Å². The number of carbonyl (C=O) groups excluding carboxylic acids is 2. The van der Waals surface area contributed by atoms with Crippen molar-refractivity contribution in [2.24, 2.45) is 5.92 Å². The predicted octanol–water partition coefficient (Wildman–Crippen LogP) is 3.61. The Kier molecular flexibility index (Phi) is 5.80. The highest BCUT2D eigenvalue weighted by Gasteiger charge is 2.32. The zero-order chi connectivity index (χ0) is 21.4. The highest BCUT2D eigenvalue weighted by atomic mass is 16.2. The number of aromatic nitrogens is 3. The average molecular weight is 412 g/mol. The smallest absolute Gasteiger partial charge is 0.254 e. The summed E-state index contributed by atoms with van der Waals surface area (Å²) in [5, 5.41) is 5.31. The second-order valence-corrected chi connectivity index (χ2v) is 9.27. The van der Waals surface area contributed by atoms with Crippen LogP contribution < -0.4 is 0 Å². The molecule has 0 aromatic carbocycles. The van der Waals surface area contributed by atoms with E-state index in [9.17, 15) is 9.59 Å². The average Bonchev–Trinajstić information content (AvgIpc) is 3.42. The molecule has 7 nitrogen and oxygen atoms in total. The van der Waals surface area contributed by atoms with E-state index in [1.54, 1.807) is 6.20 Å². The van der Waals surface area contributed by atoms with E-state index in [0.29, 0.717) is 18.7 Å². The van der Waals surface area contributed by atoms with E-state index >= 15 is 0 Å². The molecule has 4 rings (SSSR count). The fourth-order valence-corrected chi connectivity index (χ4v) is 4.58. The number of carbonyl (C=O) groups is 2. The Morgan fingerprint density at radius 1 is 1.00 bits per heavy atom. The fourth-order valence-electron chi connectivity index (χ4n) is 4.58. The van der Waals surface area contributed by atoms with Crippen molar-refractivity contribution in [1.82, 2.24) is 24.6 Å². The molecular weight excluding hydrogens is 378 g/mol. The number of fused-ring (bicyclic) bond motifs is 1. The third kappa shape index (κ3) is 3.82. The lowest BCUT2D eigenvalue weighted by Crippen LogP contribution is -2.43. The molecule has 162 valence electrons. The predicted molar refractivity (Wildman–Crippen MR) is 116 cm³/mol. The van der Waals surface area contributed by atoms with Crippen LogP contribution in [0.15, 0.2) is 12.3 Å². The van der Waals surface area contributed by atoms with Crippen LogP contribution in [0.4, 0.5) is 0 Å². The van der Waals surface area contributed by atoms with Gasteiger partial charge in [0.2, 0.25) is 5.91 Å². The molecule has 2 saturated heterocycles. The van der Waals surface area contributed by atoms with Crippen LogP contribution in [-0.4, -0.2) is 62.6 Å². The maximum atomic E-state index is 13.5. The van der Waals surface area contributed by atoms with Crippen molar-refractivity contribution in [3.8, 4) is 0 Å². The molecule has 0 spiro atoms. The first-order chi connectivity index (χ1) is 14.4. The summed E-state index contributed by atoms with van der Waals surface area (Å²) < 4.78 is 1.89. The van der Waals surface area contributed by atoms with Gasteiger partial charge >= 0.3 is 0 Å². The summed E-state index contributed by atoms with van der Waals surface area (Å²) in [5.74, 6) is 0.589. The van der Waals surface area contributed by atoms with Crippen LogP contribution in [0.25, 0.3) is 11.0 Å². The molecule has 30 heavy (non-hydrogen) atoms. The minimum Gasteiger partial charge on any atom is -0.342 e. The monoisotopic (exact) mass is 411 g/mol. The van der Waals surface area contributed by atoms with E-state index in [0.717, 1.165) is 55.5 Å². The summed E-state index contributed by atoms with van der Waals surface area (Å²) in [6, 6.07) is 2.11. The summed E-state index contributed by atoms with van der Waals surface area (Å²) in [6.45, 7) is 11.4. The molecule has 0 bridgehead atoms. The largest absolute Gasteiger partial charge is 0.342 e. The highest BCUT2D eigenvalue weighted by Crippen LogP contribution is 2.28. The Balaban J connectivity index is 1.55. The van der Waals surface area contributed by atoms with Crippen molar-refractivity contribution in [3.63, 3.8) is 0 Å². The van der Waals surface area contributed by atoms with Gasteiger partial charge in [0.1, 0.15) is 0 Å². The van der Waals surface area contributed by atoms with Crippen molar-refractivity contribution in [2.75, 3.05) is 26.2 Å². The minimum atomic E-state index is 0.0275. The molecule has 0 radical (unpaired) electrons. The van der Waals surface area contributed by atoms with Gasteiger partial charge in [0.05, 0.1) is 17.1 Å². The summed E-state index contributed by atoms with van der Waals surface area (Å²) in [6.07, 6.45) is 5.49. The number of hydrogen-bond donors (Lipinski definition) is 0. The first-order valence-corrected chi connectivity index (χ1v) is 11.3. The number of piperidine rings is 1. The Morgan fingerprint density at radius 2 is 1.67 bits per heavy atom. The zero-order valence-electron chi connectivity index (χ0n) is 18.6. The Hall–Kier alpha value is -2.44. The van der Waals surface area contributed by atoms with E-state index in [1.807, 2.05) is 20.5 Å². The summed E-state index contributed by atoms with van der Waals surface area (Å²) in [5.41, 5.74) is 2.37. The van der Waals surface area contributed by atoms with Crippen LogP contribution in [0.2, 0.25) is 0 Å². The van der Waals surface area contributed by atoms with E-state index in [1.165, 1.54) is 0 Å². The Morgan fingerprint density at radius 3 is 2.27 bits per heavy atom. The van der Waals surface area contributed by atoms with Gasteiger partial charge in [0, 0.05) is 43.8 Å². The molecule has 2 aliphatic rings. The molecular formula is C23H33N5O2.